The molecule has 0 saturated carbocycles. The molecule has 40 heavy (non-hydrogen) atoms. The number of aliphatic hydroxyl groups is 2. The van der Waals surface area contributed by atoms with E-state index < -0.39 is 29.2 Å². The number of fused-ring (bicyclic) bond motifs is 1. The number of aryl methyl sites for hydroxylation is 2. The second-order valence-electron chi connectivity index (χ2n) is 12.4. The van der Waals surface area contributed by atoms with Crippen LogP contribution in [0.1, 0.15) is 77.8 Å². The molecule has 0 saturated heterocycles. The van der Waals surface area contributed by atoms with Crippen molar-refractivity contribution in [2.24, 2.45) is 17.4 Å². The molecule has 7 heteroatoms. The summed E-state index contributed by atoms with van der Waals surface area (Å²) in [5.41, 5.74) is 15.4. The molecule has 0 fully saturated rings. The zero-order valence-corrected chi connectivity index (χ0v) is 24.8. The molecule has 0 aliphatic carbocycles. The van der Waals surface area contributed by atoms with Gasteiger partial charge < -0.3 is 30.8 Å². The van der Waals surface area contributed by atoms with Crippen LogP contribution in [0.4, 0.5) is 0 Å². The molecule has 6 N–H and O–H groups in total. The third-order valence-electron chi connectivity index (χ3n) is 7.46. The number of ether oxygens (including phenoxy) is 1. The van der Waals surface area contributed by atoms with Crippen molar-refractivity contribution in [1.82, 2.24) is 0 Å². The van der Waals surface area contributed by atoms with Crippen LogP contribution < -0.4 is 11.5 Å². The highest BCUT2D eigenvalue weighted by Crippen LogP contribution is 2.31. The number of nitrogens with two attached hydrogens (primary N) is 2. The van der Waals surface area contributed by atoms with E-state index in [1.54, 1.807) is 13.8 Å². The Balaban J connectivity index is 1.43. The standard InChI is InChI=1S/C33H48N2O5/c1-6-23-12-7-8-13-25(23)30-20-24-17-16-22(19-29(24)40-30)11-9-14-27(36)28(37)15-10-18-39-31(38)26(33(4,5)35)21-32(2,3)34/h7-8,12-13,16-17,19-20,26-28,36-37H,6,9-11,14-15,18,21,34-35H2,1-5H3. The third-order valence-corrected chi connectivity index (χ3v) is 7.46. The fourth-order valence-corrected chi connectivity index (χ4v) is 5.07. The Morgan fingerprint density at radius 3 is 2.30 bits per heavy atom. The van der Waals surface area contributed by atoms with Gasteiger partial charge in [-0.3, -0.25) is 4.79 Å². The molecule has 7 nitrogen and oxygen atoms in total. The van der Waals surface area contributed by atoms with Crippen LogP contribution in [0.25, 0.3) is 22.3 Å². The first-order valence-corrected chi connectivity index (χ1v) is 14.5. The van der Waals surface area contributed by atoms with Gasteiger partial charge >= 0.3 is 5.97 Å². The Morgan fingerprint density at radius 1 is 0.975 bits per heavy atom. The normalized spacial score (nSPS) is 14.7. The molecule has 1 aromatic heterocycles. The van der Waals surface area contributed by atoms with Gasteiger partial charge in [-0.1, -0.05) is 43.3 Å². The van der Waals surface area contributed by atoms with Gasteiger partial charge in [0.1, 0.15) is 11.3 Å². The largest absolute Gasteiger partial charge is 0.465 e. The molecule has 0 bridgehead atoms. The molecule has 1 heterocycles. The van der Waals surface area contributed by atoms with Crippen molar-refractivity contribution in [2.75, 3.05) is 6.61 Å². The minimum absolute atomic E-state index is 0.161. The minimum atomic E-state index is -0.878. The van der Waals surface area contributed by atoms with E-state index in [0.29, 0.717) is 25.7 Å². The van der Waals surface area contributed by atoms with Crippen LogP contribution in [0.5, 0.6) is 0 Å². The number of rotatable bonds is 15. The number of carbonyl (C=O) groups excluding carboxylic acids is 1. The van der Waals surface area contributed by atoms with E-state index in [-0.39, 0.29) is 12.6 Å². The van der Waals surface area contributed by atoms with E-state index in [9.17, 15) is 15.0 Å². The third kappa shape index (κ3) is 9.16. The molecule has 0 radical (unpaired) electrons. The summed E-state index contributed by atoms with van der Waals surface area (Å²) in [5, 5.41) is 22.0. The number of aliphatic hydroxyl groups excluding tert-OH is 2. The maximum Gasteiger partial charge on any atom is 0.310 e. The Bertz CT molecular complexity index is 1240. The molecule has 2 aromatic carbocycles. The molecule has 3 aromatic rings. The van der Waals surface area contributed by atoms with Crippen LogP contribution in [-0.2, 0) is 22.4 Å². The Hall–Kier alpha value is -2.71. The summed E-state index contributed by atoms with van der Waals surface area (Å²) in [6.45, 7) is 9.60. The number of esters is 1. The van der Waals surface area contributed by atoms with Gasteiger partial charge in [-0.25, -0.2) is 0 Å². The van der Waals surface area contributed by atoms with Crippen molar-refractivity contribution >= 4 is 16.9 Å². The molecule has 3 rings (SSSR count). The van der Waals surface area contributed by atoms with E-state index in [1.165, 1.54) is 5.56 Å². The lowest BCUT2D eigenvalue weighted by molar-refractivity contribution is -0.151. The summed E-state index contributed by atoms with van der Waals surface area (Å²) in [7, 11) is 0. The van der Waals surface area contributed by atoms with Crippen LogP contribution in [0.2, 0.25) is 0 Å². The zero-order valence-electron chi connectivity index (χ0n) is 24.8. The van der Waals surface area contributed by atoms with E-state index in [2.05, 4.69) is 43.3 Å². The first kappa shape index (κ1) is 31.8. The zero-order chi connectivity index (χ0) is 29.5. The fourth-order valence-electron chi connectivity index (χ4n) is 5.07. The van der Waals surface area contributed by atoms with Crippen LogP contribution in [0, 0.1) is 5.92 Å². The van der Waals surface area contributed by atoms with Crippen molar-refractivity contribution in [2.45, 2.75) is 103 Å². The number of benzene rings is 2. The quantitative estimate of drug-likeness (QED) is 0.144. The smallest absolute Gasteiger partial charge is 0.310 e. The highest BCUT2D eigenvalue weighted by atomic mass is 16.5. The number of hydrogen-bond donors (Lipinski definition) is 4. The highest BCUT2D eigenvalue weighted by molar-refractivity contribution is 5.84. The molecule has 0 aliphatic rings. The summed E-state index contributed by atoms with van der Waals surface area (Å²) in [4.78, 5) is 12.6. The van der Waals surface area contributed by atoms with E-state index in [4.69, 9.17) is 20.6 Å². The molecule has 3 atom stereocenters. The minimum Gasteiger partial charge on any atom is -0.465 e. The second-order valence-corrected chi connectivity index (χ2v) is 12.4. The van der Waals surface area contributed by atoms with Gasteiger partial charge in [0.05, 0.1) is 24.7 Å². The highest BCUT2D eigenvalue weighted by Gasteiger charge is 2.36. The van der Waals surface area contributed by atoms with Crippen molar-refractivity contribution in [3.8, 4) is 11.3 Å². The lowest BCUT2D eigenvalue weighted by Crippen LogP contribution is -2.50. The van der Waals surface area contributed by atoms with Crippen LogP contribution in [0.15, 0.2) is 52.9 Å². The molecular formula is C33H48N2O5. The summed E-state index contributed by atoms with van der Waals surface area (Å²) in [6, 6.07) is 16.6. The number of furan rings is 1. The monoisotopic (exact) mass is 552 g/mol. The molecule has 220 valence electrons. The van der Waals surface area contributed by atoms with Crippen LogP contribution >= 0.6 is 0 Å². The summed E-state index contributed by atoms with van der Waals surface area (Å²) < 4.78 is 11.6. The summed E-state index contributed by atoms with van der Waals surface area (Å²) >= 11 is 0. The Labute approximate surface area is 238 Å². The van der Waals surface area contributed by atoms with Crippen LogP contribution in [-0.4, -0.2) is 46.1 Å². The average molecular weight is 553 g/mol. The molecule has 0 aliphatic heterocycles. The number of hydrogen-bond acceptors (Lipinski definition) is 7. The van der Waals surface area contributed by atoms with E-state index >= 15 is 0 Å². The first-order chi connectivity index (χ1) is 18.8. The Kier molecular flexibility index (Phi) is 11.0. The first-order valence-electron chi connectivity index (χ1n) is 14.5. The maximum atomic E-state index is 12.6. The van der Waals surface area contributed by atoms with Crippen molar-refractivity contribution in [3.63, 3.8) is 0 Å². The van der Waals surface area contributed by atoms with E-state index in [1.807, 2.05) is 26.0 Å². The molecule has 0 spiro atoms. The maximum absolute atomic E-state index is 12.6. The van der Waals surface area contributed by atoms with Gasteiger partial charge in [-0.2, -0.15) is 0 Å². The molecule has 3 unspecified atom stereocenters. The van der Waals surface area contributed by atoms with Crippen molar-refractivity contribution in [3.05, 3.63) is 59.7 Å². The van der Waals surface area contributed by atoms with Gasteiger partial charge in [0.25, 0.3) is 0 Å². The second kappa shape index (κ2) is 13.8. The van der Waals surface area contributed by atoms with Gasteiger partial charge in [-0.05, 0) is 95.9 Å². The summed E-state index contributed by atoms with van der Waals surface area (Å²) in [6.07, 6.45) is 2.41. The fraction of sp³-hybridized carbons (Fsp3) is 0.545. The SMILES string of the molecule is CCc1ccccc1-c1cc2ccc(CCCC(O)C(O)CCCOC(=O)C(CC(C)(C)N)C(C)(C)N)cc2o1. The molecule has 0 amide bonds. The lowest BCUT2D eigenvalue weighted by atomic mass is 9.80. The topological polar surface area (TPSA) is 132 Å². The van der Waals surface area contributed by atoms with Gasteiger partial charge in [-0.15, -0.1) is 0 Å². The molecular weight excluding hydrogens is 504 g/mol. The van der Waals surface area contributed by atoms with Crippen LogP contribution in [0.3, 0.4) is 0 Å². The van der Waals surface area contributed by atoms with Gasteiger partial charge in [0, 0.05) is 22.0 Å². The number of carbonyl (C=O) groups is 1. The van der Waals surface area contributed by atoms with E-state index in [0.717, 1.165) is 47.1 Å². The van der Waals surface area contributed by atoms with Gasteiger partial charge in [0.15, 0.2) is 0 Å². The van der Waals surface area contributed by atoms with Crippen molar-refractivity contribution < 1.29 is 24.2 Å². The predicted molar refractivity (Wildman–Crippen MR) is 161 cm³/mol. The predicted octanol–water partition coefficient (Wildman–Crippen LogP) is 5.51. The summed E-state index contributed by atoms with van der Waals surface area (Å²) in [5.74, 6) is -0.0299. The lowest BCUT2D eigenvalue weighted by Gasteiger charge is -2.33. The van der Waals surface area contributed by atoms with Crippen molar-refractivity contribution in [1.29, 1.82) is 0 Å². The average Bonchev–Trinajstić information content (AvgIpc) is 3.31. The van der Waals surface area contributed by atoms with Gasteiger partial charge in [0.2, 0.25) is 0 Å². The Morgan fingerprint density at radius 2 is 1.65 bits per heavy atom.